The van der Waals surface area contributed by atoms with E-state index in [2.05, 4.69) is 33.8 Å². The highest BCUT2D eigenvalue weighted by molar-refractivity contribution is 8.00. The summed E-state index contributed by atoms with van der Waals surface area (Å²) in [7, 11) is 0. The Hall–Kier alpha value is -2.74. The highest BCUT2D eigenvalue weighted by Gasteiger charge is 2.28. The first-order valence-electron chi connectivity index (χ1n) is 10.6. The molecule has 1 aliphatic heterocycles. The number of halogens is 1. The summed E-state index contributed by atoms with van der Waals surface area (Å²) < 4.78 is 2.08. The number of carbonyl (C=O) groups is 1. The molecule has 2 heterocycles. The molecule has 1 aromatic heterocycles. The maximum absolute atomic E-state index is 13.5. The van der Waals surface area contributed by atoms with Crippen molar-refractivity contribution in [1.29, 1.82) is 0 Å². The zero-order chi connectivity index (χ0) is 22.8. The molecule has 0 spiro atoms. The smallest absolute Gasteiger partial charge is 0.242 e. The third-order valence-corrected chi connectivity index (χ3v) is 7.69. The first-order chi connectivity index (χ1) is 16.1. The fourth-order valence-corrected chi connectivity index (χ4v) is 5.92. The quantitative estimate of drug-likeness (QED) is 0.289. The van der Waals surface area contributed by atoms with Crippen LogP contribution in [0.2, 0.25) is 5.02 Å². The molecular formula is C25H21ClN4OS2. The maximum Gasteiger partial charge on any atom is 0.242 e. The van der Waals surface area contributed by atoms with Crippen LogP contribution in [0.25, 0.3) is 0 Å². The highest BCUT2D eigenvalue weighted by Crippen LogP contribution is 2.49. The molecule has 5 nitrogen and oxygen atoms in total. The van der Waals surface area contributed by atoms with Crippen molar-refractivity contribution in [3.05, 3.63) is 89.2 Å². The number of aromatic nitrogens is 3. The second-order valence-corrected chi connectivity index (χ2v) is 9.97. The number of thioether (sulfide) groups is 1. The van der Waals surface area contributed by atoms with Gasteiger partial charge in [-0.2, -0.15) is 0 Å². The molecule has 166 valence electrons. The van der Waals surface area contributed by atoms with Gasteiger partial charge in [-0.15, -0.1) is 10.2 Å². The van der Waals surface area contributed by atoms with E-state index in [9.17, 15) is 4.79 Å². The van der Waals surface area contributed by atoms with Crippen molar-refractivity contribution < 1.29 is 4.79 Å². The van der Waals surface area contributed by atoms with Crippen molar-refractivity contribution in [2.75, 3.05) is 10.7 Å². The first-order valence-corrected chi connectivity index (χ1v) is 12.8. The standard InChI is InChI=1S/C25H21ClN4OS2/c1-2-29-23(14-17-8-4-3-5-9-17)27-28-25(29)32-16-24(31)30-19-10-6-7-11-21(19)33-22-13-12-18(26)15-20(22)30/h3-13,15H,2,14,16H2,1H3. The molecule has 3 aromatic carbocycles. The number of hydrogen-bond acceptors (Lipinski definition) is 5. The van der Waals surface area contributed by atoms with E-state index in [-0.39, 0.29) is 11.7 Å². The molecular weight excluding hydrogens is 472 g/mol. The molecule has 0 atom stereocenters. The normalized spacial score (nSPS) is 12.4. The Labute approximate surface area is 206 Å². The predicted molar refractivity (Wildman–Crippen MR) is 135 cm³/mol. The van der Waals surface area contributed by atoms with Crippen molar-refractivity contribution in [3.8, 4) is 0 Å². The van der Waals surface area contributed by atoms with E-state index in [1.165, 1.54) is 17.3 Å². The Morgan fingerprint density at radius 3 is 2.55 bits per heavy atom. The summed E-state index contributed by atoms with van der Waals surface area (Å²) in [6.07, 6.45) is 0.707. The Morgan fingerprint density at radius 1 is 0.970 bits per heavy atom. The van der Waals surface area contributed by atoms with Gasteiger partial charge in [0.1, 0.15) is 5.82 Å². The zero-order valence-electron chi connectivity index (χ0n) is 17.9. The average molecular weight is 493 g/mol. The van der Waals surface area contributed by atoms with Crippen LogP contribution in [0.3, 0.4) is 0 Å². The minimum absolute atomic E-state index is 0.0217. The Bertz CT molecular complexity index is 1310. The molecule has 0 N–H and O–H groups in total. The van der Waals surface area contributed by atoms with Gasteiger partial charge in [0.2, 0.25) is 5.91 Å². The average Bonchev–Trinajstić information content (AvgIpc) is 3.23. The highest BCUT2D eigenvalue weighted by atomic mass is 35.5. The molecule has 0 fully saturated rings. The van der Waals surface area contributed by atoms with Crippen LogP contribution in [-0.4, -0.2) is 26.4 Å². The second-order valence-electron chi connectivity index (χ2n) is 7.51. The third kappa shape index (κ3) is 4.53. The summed E-state index contributed by atoms with van der Waals surface area (Å²) in [5.41, 5.74) is 2.88. The van der Waals surface area contributed by atoms with Gasteiger partial charge < -0.3 is 4.57 Å². The summed E-state index contributed by atoms with van der Waals surface area (Å²) in [5.74, 6) is 1.12. The van der Waals surface area contributed by atoms with Crippen molar-refractivity contribution in [1.82, 2.24) is 14.8 Å². The SMILES string of the molecule is CCn1c(Cc2ccccc2)nnc1SCC(=O)N1c2ccccc2Sc2ccc(Cl)cc21. The largest absolute Gasteiger partial charge is 0.306 e. The minimum atomic E-state index is -0.0217. The Kier molecular flexibility index (Phi) is 6.44. The van der Waals surface area contributed by atoms with Gasteiger partial charge in [-0.1, -0.05) is 77.6 Å². The van der Waals surface area contributed by atoms with Crippen LogP contribution in [0.4, 0.5) is 11.4 Å². The Morgan fingerprint density at radius 2 is 1.73 bits per heavy atom. The van der Waals surface area contributed by atoms with E-state index in [0.717, 1.165) is 38.7 Å². The number of amides is 1. The van der Waals surface area contributed by atoms with Gasteiger partial charge in [-0.05, 0) is 42.8 Å². The van der Waals surface area contributed by atoms with E-state index in [1.807, 2.05) is 60.7 Å². The van der Waals surface area contributed by atoms with E-state index in [0.29, 0.717) is 11.4 Å². The summed E-state index contributed by atoms with van der Waals surface area (Å²) in [6, 6.07) is 23.8. The van der Waals surface area contributed by atoms with Crippen molar-refractivity contribution in [3.63, 3.8) is 0 Å². The van der Waals surface area contributed by atoms with Crippen LogP contribution >= 0.6 is 35.1 Å². The topological polar surface area (TPSA) is 51.0 Å². The molecule has 0 aliphatic carbocycles. The lowest BCUT2D eigenvalue weighted by atomic mass is 10.1. The van der Waals surface area contributed by atoms with Crippen molar-refractivity contribution >= 4 is 52.4 Å². The fourth-order valence-electron chi connectivity index (χ4n) is 3.84. The summed E-state index contributed by atoms with van der Waals surface area (Å²) >= 11 is 9.35. The van der Waals surface area contributed by atoms with Gasteiger partial charge >= 0.3 is 0 Å². The molecule has 0 unspecified atom stereocenters. The predicted octanol–water partition coefficient (Wildman–Crippen LogP) is 6.46. The van der Waals surface area contributed by atoms with Crippen molar-refractivity contribution in [2.24, 2.45) is 0 Å². The van der Waals surface area contributed by atoms with Gasteiger partial charge in [-0.3, -0.25) is 9.69 Å². The molecule has 5 rings (SSSR count). The van der Waals surface area contributed by atoms with Crippen molar-refractivity contribution in [2.45, 2.75) is 34.8 Å². The first kappa shape index (κ1) is 22.1. The van der Waals surface area contributed by atoms with E-state index in [1.54, 1.807) is 16.7 Å². The van der Waals surface area contributed by atoms with Gasteiger partial charge in [0, 0.05) is 27.8 Å². The van der Waals surface area contributed by atoms with Crippen LogP contribution in [-0.2, 0) is 17.8 Å². The zero-order valence-corrected chi connectivity index (χ0v) is 20.3. The second kappa shape index (κ2) is 9.63. The Balaban J connectivity index is 1.39. The van der Waals surface area contributed by atoms with Crippen LogP contribution in [0, 0.1) is 0 Å². The third-order valence-electron chi connectivity index (χ3n) is 5.38. The molecule has 1 aliphatic rings. The number of nitrogens with zero attached hydrogens (tertiary/aromatic N) is 4. The molecule has 0 bridgehead atoms. The van der Waals surface area contributed by atoms with E-state index in [4.69, 9.17) is 11.6 Å². The molecule has 0 saturated heterocycles. The number of hydrogen-bond donors (Lipinski definition) is 0. The lowest BCUT2D eigenvalue weighted by Crippen LogP contribution is -2.30. The van der Waals surface area contributed by atoms with Crippen LogP contribution in [0.15, 0.2) is 87.7 Å². The summed E-state index contributed by atoms with van der Waals surface area (Å²) in [5, 5.41) is 10.1. The summed E-state index contributed by atoms with van der Waals surface area (Å²) in [6.45, 7) is 2.81. The number of rotatable bonds is 6. The molecule has 0 radical (unpaired) electrons. The summed E-state index contributed by atoms with van der Waals surface area (Å²) in [4.78, 5) is 17.3. The van der Waals surface area contributed by atoms with Gasteiger partial charge in [0.15, 0.2) is 5.16 Å². The molecule has 0 saturated carbocycles. The van der Waals surface area contributed by atoms with E-state index >= 15 is 0 Å². The van der Waals surface area contributed by atoms with Crippen LogP contribution in [0.5, 0.6) is 0 Å². The van der Waals surface area contributed by atoms with Crippen LogP contribution < -0.4 is 4.90 Å². The molecule has 8 heteroatoms. The number of carbonyl (C=O) groups excluding carboxylic acids is 1. The number of fused-ring (bicyclic) bond motifs is 2. The van der Waals surface area contributed by atoms with E-state index < -0.39 is 0 Å². The lowest BCUT2D eigenvalue weighted by Gasteiger charge is -2.31. The molecule has 4 aromatic rings. The lowest BCUT2D eigenvalue weighted by molar-refractivity contribution is -0.115. The minimum Gasteiger partial charge on any atom is -0.306 e. The number of benzene rings is 3. The number of para-hydroxylation sites is 1. The maximum atomic E-state index is 13.5. The fraction of sp³-hybridized carbons (Fsp3) is 0.160. The van der Waals surface area contributed by atoms with Gasteiger partial charge in [0.05, 0.1) is 17.1 Å². The van der Waals surface area contributed by atoms with Gasteiger partial charge in [0.25, 0.3) is 0 Å². The molecule has 33 heavy (non-hydrogen) atoms. The number of anilines is 2. The van der Waals surface area contributed by atoms with Gasteiger partial charge in [-0.25, -0.2) is 0 Å². The molecule has 1 amide bonds. The monoisotopic (exact) mass is 492 g/mol. The van der Waals surface area contributed by atoms with Crippen LogP contribution in [0.1, 0.15) is 18.3 Å².